The summed E-state index contributed by atoms with van der Waals surface area (Å²) < 4.78 is 11.2. The molecule has 3 N–H and O–H groups in total. The van der Waals surface area contributed by atoms with Gasteiger partial charge in [0.15, 0.2) is 0 Å². The Hall–Kier alpha value is -1.52. The van der Waals surface area contributed by atoms with Gasteiger partial charge in [0, 0.05) is 6.42 Å². The lowest BCUT2D eigenvalue weighted by molar-refractivity contribution is 0.215. The summed E-state index contributed by atoms with van der Waals surface area (Å²) in [5.41, 5.74) is 3.84. The van der Waals surface area contributed by atoms with Crippen molar-refractivity contribution in [3.05, 3.63) is 41.7 Å². The Labute approximate surface area is 108 Å². The molecule has 1 atom stereocenters. The van der Waals surface area contributed by atoms with E-state index in [9.17, 15) is 0 Å². The third-order valence-electron chi connectivity index (χ3n) is 2.75. The van der Waals surface area contributed by atoms with E-state index < -0.39 is 0 Å². The van der Waals surface area contributed by atoms with Gasteiger partial charge in [0.2, 0.25) is 0 Å². The summed E-state index contributed by atoms with van der Waals surface area (Å²) in [6.07, 6.45) is 3.17. The second-order valence-electron chi connectivity index (χ2n) is 4.58. The Bertz CT molecular complexity index is 430. The summed E-state index contributed by atoms with van der Waals surface area (Å²) in [7, 11) is 0. The molecule has 1 unspecified atom stereocenters. The summed E-state index contributed by atoms with van der Waals surface area (Å²) in [4.78, 5) is 0. The molecular formula is C14H20N2O2. The van der Waals surface area contributed by atoms with Crippen LogP contribution in [0.5, 0.6) is 5.75 Å². The third-order valence-corrected chi connectivity index (χ3v) is 2.75. The highest BCUT2D eigenvalue weighted by atomic mass is 16.5. The van der Waals surface area contributed by atoms with E-state index in [4.69, 9.17) is 15.3 Å². The van der Waals surface area contributed by atoms with Gasteiger partial charge in [-0.05, 0) is 37.6 Å². The zero-order chi connectivity index (χ0) is 13.0. The lowest BCUT2D eigenvalue weighted by Crippen LogP contribution is -2.29. The standard InChI is InChI=1S/C14H20N2O2/c1-10(2)18-12-6-3-5-11(9-12)14(16-15)13-7-4-8-17-13/h3,5-7,9-10,14,16H,4,8,15H2,1-2H3. The SMILES string of the molecule is CC(C)Oc1cccc(C(NN)C2=CCCO2)c1. The second kappa shape index (κ2) is 5.89. The third kappa shape index (κ3) is 3.03. The molecule has 1 aliphatic heterocycles. The quantitative estimate of drug-likeness (QED) is 0.620. The van der Waals surface area contributed by atoms with Gasteiger partial charge in [-0.1, -0.05) is 12.1 Å². The molecule has 0 spiro atoms. The minimum absolute atomic E-state index is 0.108. The molecule has 0 aromatic heterocycles. The first-order valence-corrected chi connectivity index (χ1v) is 6.26. The normalized spacial score (nSPS) is 16.3. The molecule has 2 rings (SSSR count). The van der Waals surface area contributed by atoms with Crippen LogP contribution in [0, 0.1) is 0 Å². The van der Waals surface area contributed by atoms with Gasteiger partial charge in [0.1, 0.15) is 17.6 Å². The molecule has 18 heavy (non-hydrogen) atoms. The molecular weight excluding hydrogens is 228 g/mol. The number of nitrogens with one attached hydrogen (secondary N) is 1. The zero-order valence-electron chi connectivity index (χ0n) is 10.8. The van der Waals surface area contributed by atoms with Gasteiger partial charge < -0.3 is 9.47 Å². The van der Waals surface area contributed by atoms with Crippen molar-refractivity contribution in [3.63, 3.8) is 0 Å². The van der Waals surface area contributed by atoms with Crippen LogP contribution < -0.4 is 16.0 Å². The van der Waals surface area contributed by atoms with E-state index in [1.807, 2.05) is 38.1 Å². The first kappa shape index (κ1) is 12.9. The molecule has 0 bridgehead atoms. The Morgan fingerprint density at radius 3 is 2.83 bits per heavy atom. The van der Waals surface area contributed by atoms with Crippen molar-refractivity contribution in [3.8, 4) is 5.75 Å². The topological polar surface area (TPSA) is 56.5 Å². The molecule has 0 saturated carbocycles. The summed E-state index contributed by atoms with van der Waals surface area (Å²) in [5.74, 6) is 7.36. The summed E-state index contributed by atoms with van der Waals surface area (Å²) in [5, 5.41) is 0. The monoisotopic (exact) mass is 248 g/mol. The van der Waals surface area contributed by atoms with Crippen LogP contribution in [0.1, 0.15) is 31.9 Å². The first-order chi connectivity index (χ1) is 8.70. The summed E-state index contributed by atoms with van der Waals surface area (Å²) in [6.45, 7) is 4.75. The number of hydrogen-bond donors (Lipinski definition) is 2. The molecule has 1 aromatic rings. The average Bonchev–Trinajstić information content (AvgIpc) is 2.83. The summed E-state index contributed by atoms with van der Waals surface area (Å²) in [6, 6.07) is 7.81. The van der Waals surface area contributed by atoms with Gasteiger partial charge in [0.05, 0.1) is 12.7 Å². The summed E-state index contributed by atoms with van der Waals surface area (Å²) >= 11 is 0. The van der Waals surface area contributed by atoms with E-state index in [-0.39, 0.29) is 12.1 Å². The molecule has 0 saturated heterocycles. The smallest absolute Gasteiger partial charge is 0.120 e. The highest BCUT2D eigenvalue weighted by Crippen LogP contribution is 2.28. The molecule has 1 aliphatic rings. The maximum atomic E-state index is 5.68. The molecule has 0 aliphatic carbocycles. The van der Waals surface area contributed by atoms with Gasteiger partial charge in [-0.15, -0.1) is 0 Å². The van der Waals surface area contributed by atoms with Crippen molar-refractivity contribution in [2.75, 3.05) is 6.61 Å². The van der Waals surface area contributed by atoms with Crippen LogP contribution in [0.4, 0.5) is 0 Å². The second-order valence-corrected chi connectivity index (χ2v) is 4.58. The highest BCUT2D eigenvalue weighted by molar-refractivity contribution is 5.34. The van der Waals surface area contributed by atoms with Gasteiger partial charge in [-0.3, -0.25) is 5.84 Å². The van der Waals surface area contributed by atoms with Crippen LogP contribution in [-0.4, -0.2) is 12.7 Å². The minimum Gasteiger partial charge on any atom is -0.496 e. The first-order valence-electron chi connectivity index (χ1n) is 6.26. The van der Waals surface area contributed by atoms with Crippen LogP contribution in [0.15, 0.2) is 36.1 Å². The van der Waals surface area contributed by atoms with E-state index in [1.54, 1.807) is 0 Å². The maximum absolute atomic E-state index is 5.68. The van der Waals surface area contributed by atoms with Gasteiger partial charge in [-0.25, -0.2) is 5.43 Å². The largest absolute Gasteiger partial charge is 0.496 e. The molecule has 0 radical (unpaired) electrons. The fourth-order valence-electron chi connectivity index (χ4n) is 2.02. The number of rotatable bonds is 5. The van der Waals surface area contributed by atoms with Crippen molar-refractivity contribution in [1.82, 2.24) is 5.43 Å². The van der Waals surface area contributed by atoms with Crippen LogP contribution in [-0.2, 0) is 4.74 Å². The Morgan fingerprint density at radius 1 is 1.39 bits per heavy atom. The van der Waals surface area contributed by atoms with E-state index >= 15 is 0 Å². The van der Waals surface area contributed by atoms with Crippen molar-refractivity contribution >= 4 is 0 Å². The predicted molar refractivity (Wildman–Crippen MR) is 70.9 cm³/mol. The molecule has 1 aromatic carbocycles. The van der Waals surface area contributed by atoms with Gasteiger partial charge in [0.25, 0.3) is 0 Å². The zero-order valence-corrected chi connectivity index (χ0v) is 10.8. The highest BCUT2D eigenvalue weighted by Gasteiger charge is 2.19. The van der Waals surface area contributed by atoms with Gasteiger partial charge >= 0.3 is 0 Å². The van der Waals surface area contributed by atoms with Crippen LogP contribution in [0.25, 0.3) is 0 Å². The van der Waals surface area contributed by atoms with Crippen molar-refractivity contribution < 1.29 is 9.47 Å². The van der Waals surface area contributed by atoms with E-state index in [0.29, 0.717) is 0 Å². The molecule has 4 heteroatoms. The van der Waals surface area contributed by atoms with Crippen LogP contribution in [0.2, 0.25) is 0 Å². The Kier molecular flexibility index (Phi) is 4.23. The Balaban J connectivity index is 2.20. The fraction of sp³-hybridized carbons (Fsp3) is 0.429. The average molecular weight is 248 g/mol. The van der Waals surface area contributed by atoms with Crippen LogP contribution >= 0.6 is 0 Å². The Morgan fingerprint density at radius 2 is 2.22 bits per heavy atom. The van der Waals surface area contributed by atoms with Crippen molar-refractivity contribution in [2.45, 2.75) is 32.4 Å². The van der Waals surface area contributed by atoms with E-state index in [2.05, 4.69) is 11.5 Å². The molecule has 0 amide bonds. The maximum Gasteiger partial charge on any atom is 0.120 e. The minimum atomic E-state index is -0.108. The van der Waals surface area contributed by atoms with Crippen LogP contribution in [0.3, 0.4) is 0 Å². The number of nitrogens with two attached hydrogens (primary N) is 1. The molecule has 1 heterocycles. The number of benzene rings is 1. The van der Waals surface area contributed by atoms with E-state index in [1.165, 1.54) is 0 Å². The number of ether oxygens (including phenoxy) is 2. The fourth-order valence-corrected chi connectivity index (χ4v) is 2.02. The molecule has 4 nitrogen and oxygen atoms in total. The van der Waals surface area contributed by atoms with E-state index in [0.717, 1.165) is 30.1 Å². The molecule has 98 valence electrons. The lowest BCUT2D eigenvalue weighted by Gasteiger charge is -2.19. The number of hydrazine groups is 1. The van der Waals surface area contributed by atoms with Gasteiger partial charge in [-0.2, -0.15) is 0 Å². The number of hydrogen-bond acceptors (Lipinski definition) is 4. The van der Waals surface area contributed by atoms with Crippen molar-refractivity contribution in [2.24, 2.45) is 5.84 Å². The molecule has 0 fully saturated rings. The lowest BCUT2D eigenvalue weighted by atomic mass is 10.1. The predicted octanol–water partition coefficient (Wildman–Crippen LogP) is 2.28. The van der Waals surface area contributed by atoms with Crippen molar-refractivity contribution in [1.29, 1.82) is 0 Å².